The minimum Gasteiger partial charge on any atom is -0.383 e. The van der Waals surface area contributed by atoms with Gasteiger partial charge in [0.1, 0.15) is 5.82 Å². The molecule has 0 aliphatic carbocycles. The third-order valence-electron chi connectivity index (χ3n) is 4.87. The van der Waals surface area contributed by atoms with Gasteiger partial charge in [0.25, 0.3) is 0 Å². The lowest BCUT2D eigenvalue weighted by Crippen LogP contribution is -2.46. The number of nitrogens with zero attached hydrogens (tertiary/aromatic N) is 4. The topological polar surface area (TPSA) is 84.3 Å². The number of aromatic nitrogens is 2. The minimum absolute atomic E-state index is 0.196. The maximum absolute atomic E-state index is 6.31. The van der Waals surface area contributed by atoms with Crippen molar-refractivity contribution in [2.24, 2.45) is 0 Å². The lowest BCUT2D eigenvalue weighted by Gasteiger charge is -2.36. The van der Waals surface area contributed by atoms with Crippen LogP contribution < -0.4 is 16.4 Å². The molecular formula is C19H20Cl2N6. The van der Waals surface area contributed by atoms with Crippen molar-refractivity contribution in [3.8, 4) is 0 Å². The average molecular weight is 403 g/mol. The average Bonchev–Trinajstić information content (AvgIpc) is 2.64. The highest BCUT2D eigenvalue weighted by Crippen LogP contribution is 2.31. The first-order chi connectivity index (χ1) is 13.0. The standard InChI is InChI=1S/C19H20Cl2N6/c20-13-5-4-12(14(21)10-13)11-26-6-8-27(9-7-26)16-3-1-2-15-17(16)18(22)25-19(23)24-15/h1-5,10H,6-9,11H2,(H4,22,23,24,25). The van der Waals surface area contributed by atoms with E-state index < -0.39 is 0 Å². The van der Waals surface area contributed by atoms with Gasteiger partial charge in [0.05, 0.1) is 10.9 Å². The Bertz CT molecular complexity index is 985. The van der Waals surface area contributed by atoms with Crippen LogP contribution in [0.25, 0.3) is 10.9 Å². The molecule has 4 N–H and O–H groups in total. The maximum Gasteiger partial charge on any atom is 0.222 e. The molecule has 0 saturated carbocycles. The predicted molar refractivity (Wildman–Crippen MR) is 112 cm³/mol. The monoisotopic (exact) mass is 402 g/mol. The SMILES string of the molecule is Nc1nc(N)c2c(N3CCN(Cc4ccc(Cl)cc4Cl)CC3)cccc2n1. The van der Waals surface area contributed by atoms with E-state index in [4.69, 9.17) is 34.7 Å². The lowest BCUT2D eigenvalue weighted by atomic mass is 10.1. The van der Waals surface area contributed by atoms with E-state index >= 15 is 0 Å². The second kappa shape index (κ2) is 7.38. The Morgan fingerprint density at radius 3 is 2.48 bits per heavy atom. The molecule has 4 rings (SSSR count). The smallest absolute Gasteiger partial charge is 0.222 e. The van der Waals surface area contributed by atoms with E-state index in [2.05, 4.69) is 25.8 Å². The number of anilines is 3. The van der Waals surface area contributed by atoms with Crippen LogP contribution in [0.2, 0.25) is 10.0 Å². The fraction of sp³-hybridized carbons (Fsp3) is 0.263. The molecule has 6 nitrogen and oxygen atoms in total. The van der Waals surface area contributed by atoms with Gasteiger partial charge in [-0.1, -0.05) is 35.3 Å². The van der Waals surface area contributed by atoms with Gasteiger partial charge in [-0.3, -0.25) is 4.90 Å². The molecule has 1 aromatic heterocycles. The van der Waals surface area contributed by atoms with Crippen LogP contribution in [0.4, 0.5) is 17.5 Å². The Labute approximate surface area is 167 Å². The summed E-state index contributed by atoms with van der Waals surface area (Å²) < 4.78 is 0. The maximum atomic E-state index is 6.31. The van der Waals surface area contributed by atoms with Crippen molar-refractivity contribution in [1.82, 2.24) is 14.9 Å². The molecule has 8 heteroatoms. The molecular weight excluding hydrogens is 383 g/mol. The summed E-state index contributed by atoms with van der Waals surface area (Å²) in [7, 11) is 0. The zero-order valence-electron chi connectivity index (χ0n) is 14.7. The van der Waals surface area contributed by atoms with Crippen molar-refractivity contribution in [3.63, 3.8) is 0 Å². The number of hydrogen-bond acceptors (Lipinski definition) is 6. The van der Waals surface area contributed by atoms with Gasteiger partial charge in [0.2, 0.25) is 5.95 Å². The van der Waals surface area contributed by atoms with E-state index in [1.54, 1.807) is 6.07 Å². The quantitative estimate of drug-likeness (QED) is 0.697. The second-order valence-corrected chi connectivity index (χ2v) is 7.48. The molecule has 1 saturated heterocycles. The van der Waals surface area contributed by atoms with Gasteiger partial charge in [-0.2, -0.15) is 4.98 Å². The van der Waals surface area contributed by atoms with Crippen molar-refractivity contribution in [2.75, 3.05) is 42.5 Å². The summed E-state index contributed by atoms with van der Waals surface area (Å²) in [6.45, 7) is 4.42. The first kappa shape index (κ1) is 18.1. The van der Waals surface area contributed by atoms with Crippen molar-refractivity contribution >= 4 is 51.6 Å². The van der Waals surface area contributed by atoms with Crippen molar-refractivity contribution < 1.29 is 0 Å². The normalized spacial score (nSPS) is 15.4. The fourth-order valence-corrected chi connectivity index (χ4v) is 3.98. The molecule has 0 unspecified atom stereocenters. The van der Waals surface area contributed by atoms with Gasteiger partial charge in [0, 0.05) is 48.5 Å². The molecule has 0 bridgehead atoms. The summed E-state index contributed by atoms with van der Waals surface area (Å²) in [4.78, 5) is 13.1. The van der Waals surface area contributed by atoms with E-state index in [1.165, 1.54) is 0 Å². The highest BCUT2D eigenvalue weighted by atomic mass is 35.5. The molecule has 0 spiro atoms. The Morgan fingerprint density at radius 2 is 1.74 bits per heavy atom. The minimum atomic E-state index is 0.196. The zero-order valence-corrected chi connectivity index (χ0v) is 16.2. The van der Waals surface area contributed by atoms with E-state index in [0.717, 1.165) is 54.9 Å². The summed E-state index contributed by atoms with van der Waals surface area (Å²) in [5, 5.41) is 2.23. The van der Waals surface area contributed by atoms with E-state index in [-0.39, 0.29) is 5.95 Å². The molecule has 140 valence electrons. The Hall–Kier alpha value is -2.28. The number of rotatable bonds is 3. The zero-order chi connectivity index (χ0) is 19.0. The number of piperazine rings is 1. The van der Waals surface area contributed by atoms with Gasteiger partial charge >= 0.3 is 0 Å². The van der Waals surface area contributed by atoms with Gasteiger partial charge in [-0.15, -0.1) is 0 Å². The van der Waals surface area contributed by atoms with Crippen LogP contribution in [0.15, 0.2) is 36.4 Å². The van der Waals surface area contributed by atoms with Crippen LogP contribution in [0.1, 0.15) is 5.56 Å². The third-order valence-corrected chi connectivity index (χ3v) is 5.46. The number of hydrogen-bond donors (Lipinski definition) is 2. The molecule has 3 aromatic rings. The van der Waals surface area contributed by atoms with Gasteiger partial charge in [-0.25, -0.2) is 4.98 Å². The van der Waals surface area contributed by atoms with Crippen LogP contribution in [0.5, 0.6) is 0 Å². The van der Waals surface area contributed by atoms with Crippen molar-refractivity contribution in [1.29, 1.82) is 0 Å². The van der Waals surface area contributed by atoms with Crippen LogP contribution in [-0.2, 0) is 6.54 Å². The van der Waals surface area contributed by atoms with E-state index in [1.807, 2.05) is 24.3 Å². The van der Waals surface area contributed by atoms with E-state index in [0.29, 0.717) is 15.9 Å². The Kier molecular flexibility index (Phi) is 4.95. The summed E-state index contributed by atoms with van der Waals surface area (Å²) in [6, 6.07) is 11.6. The lowest BCUT2D eigenvalue weighted by molar-refractivity contribution is 0.250. The number of nitrogen functional groups attached to an aromatic ring is 2. The highest BCUT2D eigenvalue weighted by Gasteiger charge is 2.21. The van der Waals surface area contributed by atoms with Crippen LogP contribution >= 0.6 is 23.2 Å². The van der Waals surface area contributed by atoms with Crippen LogP contribution in [-0.4, -0.2) is 41.0 Å². The third kappa shape index (κ3) is 3.74. The first-order valence-electron chi connectivity index (χ1n) is 8.74. The van der Waals surface area contributed by atoms with Crippen molar-refractivity contribution in [3.05, 3.63) is 52.0 Å². The number of nitrogens with two attached hydrogens (primary N) is 2. The highest BCUT2D eigenvalue weighted by molar-refractivity contribution is 6.35. The number of benzene rings is 2. The van der Waals surface area contributed by atoms with E-state index in [9.17, 15) is 0 Å². The summed E-state index contributed by atoms with van der Waals surface area (Å²) in [5.74, 6) is 0.616. The van der Waals surface area contributed by atoms with Gasteiger partial charge in [-0.05, 0) is 29.8 Å². The summed E-state index contributed by atoms with van der Waals surface area (Å²) in [5.41, 5.74) is 14.8. The second-order valence-electron chi connectivity index (χ2n) is 6.64. The van der Waals surface area contributed by atoms with Crippen LogP contribution in [0, 0.1) is 0 Å². The largest absolute Gasteiger partial charge is 0.383 e. The number of halogens is 2. The van der Waals surface area contributed by atoms with Gasteiger partial charge < -0.3 is 16.4 Å². The Balaban J connectivity index is 1.50. The van der Waals surface area contributed by atoms with Crippen molar-refractivity contribution in [2.45, 2.75) is 6.54 Å². The molecule has 0 amide bonds. The Morgan fingerprint density at radius 1 is 0.963 bits per heavy atom. The summed E-state index contributed by atoms with van der Waals surface area (Å²) >= 11 is 12.3. The number of fused-ring (bicyclic) bond motifs is 1. The fourth-order valence-electron chi connectivity index (χ4n) is 3.51. The molecule has 1 aliphatic rings. The molecule has 1 fully saturated rings. The van der Waals surface area contributed by atoms with Crippen LogP contribution in [0.3, 0.4) is 0 Å². The molecule has 0 radical (unpaired) electrons. The predicted octanol–water partition coefficient (Wildman–Crippen LogP) is 3.42. The molecule has 1 aliphatic heterocycles. The van der Waals surface area contributed by atoms with Gasteiger partial charge in [0.15, 0.2) is 0 Å². The summed E-state index contributed by atoms with van der Waals surface area (Å²) in [6.07, 6.45) is 0. The molecule has 27 heavy (non-hydrogen) atoms. The molecule has 2 heterocycles. The first-order valence-corrected chi connectivity index (χ1v) is 9.50. The molecule has 2 aromatic carbocycles. The molecule has 0 atom stereocenters.